The molecule has 1 fully saturated rings. The second kappa shape index (κ2) is 4.62. The van der Waals surface area contributed by atoms with Crippen LogP contribution in [0, 0.1) is 5.92 Å². The van der Waals surface area contributed by atoms with Crippen LogP contribution in [-0.4, -0.2) is 32.0 Å². The van der Waals surface area contributed by atoms with Gasteiger partial charge >= 0.3 is 0 Å². The molecule has 3 nitrogen and oxygen atoms in total. The van der Waals surface area contributed by atoms with E-state index in [4.69, 9.17) is 0 Å². The Morgan fingerprint density at radius 3 is 2.71 bits per heavy atom. The first-order valence-electron chi connectivity index (χ1n) is 5.41. The van der Waals surface area contributed by atoms with Crippen molar-refractivity contribution in [3.05, 3.63) is 0 Å². The molecule has 14 heavy (non-hydrogen) atoms. The summed E-state index contributed by atoms with van der Waals surface area (Å²) in [6, 6.07) is 0.466. The molecule has 0 aromatic rings. The van der Waals surface area contributed by atoms with Gasteiger partial charge in [-0.25, -0.2) is 8.42 Å². The molecule has 0 aromatic heterocycles. The highest BCUT2D eigenvalue weighted by atomic mass is 32.2. The summed E-state index contributed by atoms with van der Waals surface area (Å²) in [6.07, 6.45) is 1.77. The van der Waals surface area contributed by atoms with Crippen molar-refractivity contribution in [2.24, 2.45) is 5.92 Å². The molecule has 84 valence electrons. The molecule has 0 saturated carbocycles. The first kappa shape index (κ1) is 12.0. The van der Waals surface area contributed by atoms with Crippen molar-refractivity contribution in [2.45, 2.75) is 45.7 Å². The van der Waals surface area contributed by atoms with E-state index in [0.29, 0.717) is 23.5 Å². The normalized spacial score (nSPS) is 34.8. The van der Waals surface area contributed by atoms with Gasteiger partial charge in [-0.15, -0.1) is 0 Å². The van der Waals surface area contributed by atoms with Gasteiger partial charge in [-0.1, -0.05) is 20.3 Å². The van der Waals surface area contributed by atoms with E-state index in [1.54, 1.807) is 0 Å². The molecule has 1 saturated heterocycles. The lowest BCUT2D eigenvalue weighted by Gasteiger charge is -2.24. The molecule has 0 bridgehead atoms. The van der Waals surface area contributed by atoms with E-state index in [1.165, 1.54) is 0 Å². The standard InChI is InChI=1S/C10H21NO2S/c1-4-8(2)10-7-14(12,13)6-5-9(3)11-10/h8-11H,4-7H2,1-3H3. The monoisotopic (exact) mass is 219 g/mol. The van der Waals surface area contributed by atoms with Gasteiger partial charge in [0.05, 0.1) is 11.5 Å². The van der Waals surface area contributed by atoms with Crippen molar-refractivity contribution in [2.75, 3.05) is 11.5 Å². The highest BCUT2D eigenvalue weighted by molar-refractivity contribution is 7.91. The van der Waals surface area contributed by atoms with Gasteiger partial charge in [0.25, 0.3) is 0 Å². The summed E-state index contributed by atoms with van der Waals surface area (Å²) >= 11 is 0. The lowest BCUT2D eigenvalue weighted by molar-refractivity contribution is 0.361. The zero-order valence-electron chi connectivity index (χ0n) is 9.29. The first-order valence-corrected chi connectivity index (χ1v) is 7.23. The third-order valence-electron chi connectivity index (χ3n) is 3.12. The average molecular weight is 219 g/mol. The van der Waals surface area contributed by atoms with E-state index in [1.807, 2.05) is 0 Å². The van der Waals surface area contributed by atoms with Crippen molar-refractivity contribution in [1.29, 1.82) is 0 Å². The topological polar surface area (TPSA) is 46.2 Å². The van der Waals surface area contributed by atoms with E-state index in [9.17, 15) is 8.42 Å². The highest BCUT2D eigenvalue weighted by Crippen LogP contribution is 2.15. The Balaban J connectivity index is 2.74. The molecule has 3 atom stereocenters. The maximum atomic E-state index is 11.6. The fraction of sp³-hybridized carbons (Fsp3) is 1.00. The minimum atomic E-state index is -2.82. The van der Waals surface area contributed by atoms with Gasteiger partial charge in [-0.3, -0.25) is 0 Å². The van der Waals surface area contributed by atoms with Crippen LogP contribution in [-0.2, 0) is 9.84 Å². The number of rotatable bonds is 2. The summed E-state index contributed by atoms with van der Waals surface area (Å²) in [5.41, 5.74) is 0. The van der Waals surface area contributed by atoms with Crippen LogP contribution in [0.25, 0.3) is 0 Å². The van der Waals surface area contributed by atoms with E-state index in [2.05, 4.69) is 26.1 Å². The van der Waals surface area contributed by atoms with Crippen LogP contribution in [0.15, 0.2) is 0 Å². The van der Waals surface area contributed by atoms with Gasteiger partial charge in [-0.05, 0) is 19.3 Å². The quantitative estimate of drug-likeness (QED) is 0.759. The van der Waals surface area contributed by atoms with Crippen LogP contribution in [0.4, 0.5) is 0 Å². The van der Waals surface area contributed by atoms with Crippen LogP contribution in [0.2, 0.25) is 0 Å². The Bertz CT molecular complexity index is 274. The Kier molecular flexibility index (Phi) is 3.95. The van der Waals surface area contributed by atoms with Gasteiger partial charge in [0, 0.05) is 12.1 Å². The third-order valence-corrected chi connectivity index (χ3v) is 4.85. The molecule has 0 spiro atoms. The third kappa shape index (κ3) is 3.24. The fourth-order valence-corrected chi connectivity index (χ4v) is 3.67. The van der Waals surface area contributed by atoms with Gasteiger partial charge in [-0.2, -0.15) is 0 Å². The van der Waals surface area contributed by atoms with Crippen LogP contribution in [0.3, 0.4) is 0 Å². The van der Waals surface area contributed by atoms with Crippen molar-refractivity contribution in [3.8, 4) is 0 Å². The second-order valence-electron chi connectivity index (χ2n) is 4.46. The Morgan fingerprint density at radius 1 is 1.50 bits per heavy atom. The Labute approximate surface area is 87.2 Å². The minimum Gasteiger partial charge on any atom is -0.310 e. The molecule has 0 amide bonds. The fourth-order valence-electron chi connectivity index (χ4n) is 1.82. The summed E-state index contributed by atoms with van der Waals surface area (Å²) in [7, 11) is -2.82. The maximum Gasteiger partial charge on any atom is 0.151 e. The molecule has 4 heteroatoms. The number of hydrogen-bond donors (Lipinski definition) is 1. The Hall–Kier alpha value is -0.0900. The molecule has 1 aliphatic rings. The van der Waals surface area contributed by atoms with E-state index < -0.39 is 9.84 Å². The predicted octanol–water partition coefficient (Wildman–Crippen LogP) is 1.20. The van der Waals surface area contributed by atoms with Gasteiger partial charge in [0.1, 0.15) is 0 Å². The summed E-state index contributed by atoms with van der Waals surface area (Å²) in [5.74, 6) is 1.09. The average Bonchev–Trinajstić information content (AvgIpc) is 2.24. The molecular weight excluding hydrogens is 198 g/mol. The molecule has 1 N–H and O–H groups in total. The summed E-state index contributed by atoms with van der Waals surface area (Å²) in [6.45, 7) is 6.29. The van der Waals surface area contributed by atoms with Crippen LogP contribution >= 0.6 is 0 Å². The second-order valence-corrected chi connectivity index (χ2v) is 6.69. The van der Waals surface area contributed by atoms with Gasteiger partial charge < -0.3 is 5.32 Å². The van der Waals surface area contributed by atoms with Gasteiger partial charge in [0.15, 0.2) is 9.84 Å². The molecular formula is C10H21NO2S. The van der Waals surface area contributed by atoms with E-state index in [-0.39, 0.29) is 6.04 Å². The summed E-state index contributed by atoms with van der Waals surface area (Å²) in [4.78, 5) is 0. The molecule has 1 aliphatic heterocycles. The van der Waals surface area contributed by atoms with E-state index in [0.717, 1.165) is 12.8 Å². The first-order chi connectivity index (χ1) is 6.44. The number of sulfone groups is 1. The number of nitrogens with one attached hydrogen (secondary N) is 1. The van der Waals surface area contributed by atoms with Crippen LogP contribution in [0.1, 0.15) is 33.6 Å². The lowest BCUT2D eigenvalue weighted by atomic mass is 10.00. The van der Waals surface area contributed by atoms with Crippen LogP contribution < -0.4 is 5.32 Å². The van der Waals surface area contributed by atoms with Crippen molar-refractivity contribution in [3.63, 3.8) is 0 Å². The predicted molar refractivity (Wildman–Crippen MR) is 59.1 cm³/mol. The molecule has 1 heterocycles. The lowest BCUT2D eigenvalue weighted by Crippen LogP contribution is -2.42. The van der Waals surface area contributed by atoms with Gasteiger partial charge in [0.2, 0.25) is 0 Å². The maximum absolute atomic E-state index is 11.6. The minimum absolute atomic E-state index is 0.141. The van der Waals surface area contributed by atoms with Crippen LogP contribution in [0.5, 0.6) is 0 Å². The SMILES string of the molecule is CCC(C)C1CS(=O)(=O)CCC(C)N1. The number of hydrogen-bond acceptors (Lipinski definition) is 3. The molecule has 0 aliphatic carbocycles. The smallest absolute Gasteiger partial charge is 0.151 e. The summed E-state index contributed by atoms with van der Waals surface area (Å²) in [5, 5.41) is 3.41. The van der Waals surface area contributed by atoms with Crippen molar-refractivity contribution in [1.82, 2.24) is 5.32 Å². The summed E-state index contributed by atoms with van der Waals surface area (Å²) < 4.78 is 23.2. The largest absolute Gasteiger partial charge is 0.310 e. The Morgan fingerprint density at radius 2 is 2.14 bits per heavy atom. The molecule has 3 unspecified atom stereocenters. The van der Waals surface area contributed by atoms with Crippen molar-refractivity contribution >= 4 is 9.84 Å². The van der Waals surface area contributed by atoms with E-state index >= 15 is 0 Å². The van der Waals surface area contributed by atoms with Crippen molar-refractivity contribution < 1.29 is 8.42 Å². The molecule has 1 rings (SSSR count). The molecule has 0 radical (unpaired) electrons. The highest BCUT2D eigenvalue weighted by Gasteiger charge is 2.28. The zero-order chi connectivity index (χ0) is 10.8. The zero-order valence-corrected chi connectivity index (χ0v) is 10.1. The molecule has 0 aromatic carbocycles.